The molecule has 0 aliphatic carbocycles. The van der Waals surface area contributed by atoms with Crippen molar-refractivity contribution >= 4 is 11.8 Å². The zero-order chi connectivity index (χ0) is 10.8. The maximum Gasteiger partial charge on any atom is 0.0108 e. The zero-order valence-corrected chi connectivity index (χ0v) is 10.3. The molecule has 86 valence electrons. The van der Waals surface area contributed by atoms with Gasteiger partial charge in [0, 0.05) is 49.3 Å². The number of fused-ring (bicyclic) bond motifs is 1. The molecule has 3 heteroatoms. The van der Waals surface area contributed by atoms with Crippen LogP contribution in [0.15, 0.2) is 29.2 Å². The molecule has 0 saturated carbocycles. The molecule has 3 rings (SSSR count). The second-order valence-electron chi connectivity index (χ2n) is 4.60. The van der Waals surface area contributed by atoms with Crippen LogP contribution in [0.1, 0.15) is 11.5 Å². The van der Waals surface area contributed by atoms with Gasteiger partial charge in [0.2, 0.25) is 0 Å². The number of hydrogen-bond donors (Lipinski definition) is 1. The van der Waals surface area contributed by atoms with Crippen LogP contribution in [0.4, 0.5) is 0 Å². The molecule has 1 saturated heterocycles. The molecule has 2 aliphatic rings. The van der Waals surface area contributed by atoms with Gasteiger partial charge < -0.3 is 10.2 Å². The van der Waals surface area contributed by atoms with Crippen molar-refractivity contribution < 1.29 is 0 Å². The smallest absolute Gasteiger partial charge is 0.0108 e. The largest absolute Gasteiger partial charge is 0.314 e. The number of benzene rings is 1. The quantitative estimate of drug-likeness (QED) is 0.840. The number of nitrogens with zero attached hydrogens (tertiary/aromatic N) is 1. The summed E-state index contributed by atoms with van der Waals surface area (Å²) in [7, 11) is 0. The van der Waals surface area contributed by atoms with Gasteiger partial charge in [-0.25, -0.2) is 0 Å². The molecule has 2 nitrogen and oxygen atoms in total. The second kappa shape index (κ2) is 4.78. The van der Waals surface area contributed by atoms with Crippen molar-refractivity contribution in [3.05, 3.63) is 29.8 Å². The van der Waals surface area contributed by atoms with E-state index in [0.717, 1.165) is 19.0 Å². The van der Waals surface area contributed by atoms with E-state index in [2.05, 4.69) is 34.5 Å². The number of rotatable bonds is 2. The molecule has 1 N–H and O–H groups in total. The first-order valence-corrected chi connectivity index (χ1v) is 7.07. The van der Waals surface area contributed by atoms with Crippen LogP contribution in [0.3, 0.4) is 0 Å². The van der Waals surface area contributed by atoms with E-state index in [9.17, 15) is 0 Å². The maximum atomic E-state index is 3.41. The summed E-state index contributed by atoms with van der Waals surface area (Å²) in [5, 5.41) is 3.41. The van der Waals surface area contributed by atoms with Crippen LogP contribution >= 0.6 is 11.8 Å². The minimum Gasteiger partial charge on any atom is -0.314 e. The maximum absolute atomic E-state index is 3.41. The van der Waals surface area contributed by atoms with Gasteiger partial charge in [-0.3, -0.25) is 0 Å². The fourth-order valence-corrected chi connectivity index (χ4v) is 3.83. The molecule has 1 unspecified atom stereocenters. The van der Waals surface area contributed by atoms with Gasteiger partial charge in [0.25, 0.3) is 0 Å². The molecule has 1 aromatic rings. The van der Waals surface area contributed by atoms with Crippen molar-refractivity contribution in [2.24, 2.45) is 0 Å². The summed E-state index contributed by atoms with van der Waals surface area (Å²) in [6.45, 7) is 5.97. The molecule has 0 bridgehead atoms. The first-order chi connectivity index (χ1) is 7.93. The molecule has 0 spiro atoms. The Labute approximate surface area is 101 Å². The average molecular weight is 234 g/mol. The molecule has 0 amide bonds. The minimum absolute atomic E-state index is 0.749. The van der Waals surface area contributed by atoms with Crippen LogP contribution < -0.4 is 5.32 Å². The van der Waals surface area contributed by atoms with E-state index in [0.29, 0.717) is 0 Å². The van der Waals surface area contributed by atoms with Crippen LogP contribution in [0.2, 0.25) is 0 Å². The van der Waals surface area contributed by atoms with Crippen molar-refractivity contribution in [1.29, 1.82) is 0 Å². The van der Waals surface area contributed by atoms with E-state index < -0.39 is 0 Å². The lowest BCUT2D eigenvalue weighted by Gasteiger charge is -2.29. The molecular formula is C13H18N2S. The van der Waals surface area contributed by atoms with Crippen molar-refractivity contribution in [1.82, 2.24) is 10.2 Å². The normalized spacial score (nSPS) is 25.6. The van der Waals surface area contributed by atoms with Crippen molar-refractivity contribution in [3.63, 3.8) is 0 Å². The number of thioether (sulfide) groups is 1. The predicted octanol–water partition coefficient (Wildman–Crippen LogP) is 1.78. The molecule has 0 aromatic heterocycles. The van der Waals surface area contributed by atoms with E-state index in [1.807, 2.05) is 11.8 Å². The standard InChI is InChI=1S/C13H18N2S/c1-2-4-13-12(3-1)11(10-16-13)9-15-7-5-14-6-8-15/h1-4,11,14H,5-10H2. The van der Waals surface area contributed by atoms with Gasteiger partial charge in [-0.1, -0.05) is 18.2 Å². The van der Waals surface area contributed by atoms with Crippen LogP contribution in [0.5, 0.6) is 0 Å². The lowest BCUT2D eigenvalue weighted by Crippen LogP contribution is -2.45. The highest BCUT2D eigenvalue weighted by atomic mass is 32.2. The highest BCUT2D eigenvalue weighted by molar-refractivity contribution is 7.99. The third-order valence-corrected chi connectivity index (χ3v) is 4.74. The first-order valence-electron chi connectivity index (χ1n) is 6.08. The van der Waals surface area contributed by atoms with E-state index >= 15 is 0 Å². The first kappa shape index (κ1) is 10.6. The second-order valence-corrected chi connectivity index (χ2v) is 5.66. The summed E-state index contributed by atoms with van der Waals surface area (Å²) in [4.78, 5) is 4.10. The SMILES string of the molecule is c1ccc2c(c1)SCC2CN1CCNCC1. The Morgan fingerprint density at radius 2 is 2.06 bits per heavy atom. The van der Waals surface area contributed by atoms with Gasteiger partial charge in [0.1, 0.15) is 0 Å². The topological polar surface area (TPSA) is 15.3 Å². The van der Waals surface area contributed by atoms with Gasteiger partial charge in [0.05, 0.1) is 0 Å². The molecule has 1 atom stereocenters. The molecule has 16 heavy (non-hydrogen) atoms. The van der Waals surface area contributed by atoms with E-state index in [1.165, 1.54) is 30.3 Å². The van der Waals surface area contributed by atoms with Gasteiger partial charge >= 0.3 is 0 Å². The average Bonchev–Trinajstić information content (AvgIpc) is 2.74. The Bertz CT molecular complexity index is 361. The lowest BCUT2D eigenvalue weighted by atomic mass is 10.0. The fourth-order valence-electron chi connectivity index (χ4n) is 2.59. The summed E-state index contributed by atoms with van der Waals surface area (Å²) in [5.74, 6) is 2.02. The van der Waals surface area contributed by atoms with Crippen molar-refractivity contribution in [2.75, 3.05) is 38.5 Å². The van der Waals surface area contributed by atoms with Gasteiger partial charge in [-0.15, -0.1) is 11.8 Å². The Kier molecular flexibility index (Phi) is 3.18. The predicted molar refractivity (Wildman–Crippen MR) is 69.2 cm³/mol. The summed E-state index contributed by atoms with van der Waals surface area (Å²) in [6.07, 6.45) is 0. The van der Waals surface area contributed by atoms with Crippen LogP contribution in [0, 0.1) is 0 Å². The third-order valence-electron chi connectivity index (χ3n) is 3.49. The van der Waals surface area contributed by atoms with Crippen molar-refractivity contribution in [3.8, 4) is 0 Å². The molecule has 2 aliphatic heterocycles. The lowest BCUT2D eigenvalue weighted by molar-refractivity contribution is 0.232. The highest BCUT2D eigenvalue weighted by Crippen LogP contribution is 2.39. The Morgan fingerprint density at radius 1 is 1.25 bits per heavy atom. The molecule has 1 fully saturated rings. The molecule has 2 heterocycles. The molecule has 0 radical (unpaired) electrons. The Hall–Kier alpha value is -0.510. The highest BCUT2D eigenvalue weighted by Gasteiger charge is 2.25. The van der Waals surface area contributed by atoms with Gasteiger partial charge in [0.15, 0.2) is 0 Å². The van der Waals surface area contributed by atoms with Crippen LogP contribution in [0.25, 0.3) is 0 Å². The monoisotopic (exact) mass is 234 g/mol. The van der Waals surface area contributed by atoms with Crippen LogP contribution in [-0.4, -0.2) is 43.4 Å². The van der Waals surface area contributed by atoms with Crippen molar-refractivity contribution in [2.45, 2.75) is 10.8 Å². The van der Waals surface area contributed by atoms with Gasteiger partial charge in [-0.2, -0.15) is 0 Å². The Balaban J connectivity index is 1.68. The molecule has 1 aromatic carbocycles. The third kappa shape index (κ3) is 2.12. The van der Waals surface area contributed by atoms with E-state index in [1.54, 1.807) is 5.56 Å². The summed E-state index contributed by atoms with van der Waals surface area (Å²) >= 11 is 2.02. The summed E-state index contributed by atoms with van der Waals surface area (Å²) < 4.78 is 0. The summed E-state index contributed by atoms with van der Waals surface area (Å²) in [5.41, 5.74) is 1.58. The molecular weight excluding hydrogens is 216 g/mol. The van der Waals surface area contributed by atoms with Crippen LogP contribution in [-0.2, 0) is 0 Å². The number of hydrogen-bond acceptors (Lipinski definition) is 3. The zero-order valence-electron chi connectivity index (χ0n) is 9.48. The number of piperazine rings is 1. The van der Waals surface area contributed by atoms with E-state index in [4.69, 9.17) is 0 Å². The van der Waals surface area contributed by atoms with Gasteiger partial charge in [-0.05, 0) is 11.6 Å². The fraction of sp³-hybridized carbons (Fsp3) is 0.538. The summed E-state index contributed by atoms with van der Waals surface area (Å²) in [6, 6.07) is 8.90. The van der Waals surface area contributed by atoms with E-state index in [-0.39, 0.29) is 0 Å². The Morgan fingerprint density at radius 3 is 2.94 bits per heavy atom. The number of nitrogens with one attached hydrogen (secondary N) is 1. The minimum atomic E-state index is 0.749.